The van der Waals surface area contributed by atoms with Gasteiger partial charge in [-0.05, 0) is 51.8 Å². The Balaban J connectivity index is 1.71. The third kappa shape index (κ3) is 3.27. The number of hydrogen-bond acceptors (Lipinski definition) is 2. The maximum absolute atomic E-state index is 4.92. The van der Waals surface area contributed by atoms with Crippen LogP contribution in [0.15, 0.2) is 29.3 Å². The molecule has 1 N–H and O–H groups in total. The summed E-state index contributed by atoms with van der Waals surface area (Å²) in [6.07, 6.45) is 3.81. The molecule has 1 fully saturated rings. The van der Waals surface area contributed by atoms with E-state index >= 15 is 0 Å². The molecule has 1 unspecified atom stereocenters. The van der Waals surface area contributed by atoms with Crippen LogP contribution in [0.4, 0.5) is 5.69 Å². The molecule has 3 rings (SSSR count). The highest BCUT2D eigenvalue weighted by Crippen LogP contribution is 2.28. The van der Waals surface area contributed by atoms with Gasteiger partial charge < -0.3 is 10.2 Å². The molecule has 1 heterocycles. The van der Waals surface area contributed by atoms with Crippen LogP contribution in [-0.2, 0) is 6.42 Å². The van der Waals surface area contributed by atoms with Crippen molar-refractivity contribution >= 4 is 11.6 Å². The summed E-state index contributed by atoms with van der Waals surface area (Å²) in [4.78, 5) is 9.73. The van der Waals surface area contributed by atoms with E-state index < -0.39 is 0 Å². The molecule has 4 nitrogen and oxygen atoms in total. The number of hydrogen-bond donors (Lipinski definition) is 1. The molecule has 1 saturated carbocycles. The number of nitrogens with one attached hydrogen (secondary N) is 1. The maximum Gasteiger partial charge on any atom is 0.198 e. The molecule has 1 aliphatic heterocycles. The van der Waals surface area contributed by atoms with Gasteiger partial charge in [-0.25, -0.2) is 0 Å². The topological polar surface area (TPSA) is 30.9 Å². The van der Waals surface area contributed by atoms with Gasteiger partial charge in [-0.3, -0.25) is 9.89 Å². The predicted molar refractivity (Wildman–Crippen MR) is 93.7 cm³/mol. The van der Waals surface area contributed by atoms with E-state index in [9.17, 15) is 0 Å². The molecule has 0 aromatic heterocycles. The minimum absolute atomic E-state index is 0.499. The van der Waals surface area contributed by atoms with Crippen molar-refractivity contribution in [2.24, 2.45) is 4.99 Å². The summed E-state index contributed by atoms with van der Waals surface area (Å²) >= 11 is 0. The minimum Gasteiger partial charge on any atom is -0.356 e. The lowest BCUT2D eigenvalue weighted by molar-refractivity contribution is 0.253. The highest BCUT2D eigenvalue weighted by molar-refractivity contribution is 5.97. The van der Waals surface area contributed by atoms with Crippen LogP contribution in [0.1, 0.15) is 32.3 Å². The number of para-hydroxylation sites is 1. The molecular formula is C18H28N4. The Labute approximate surface area is 134 Å². The zero-order valence-corrected chi connectivity index (χ0v) is 14.0. The Morgan fingerprint density at radius 2 is 2.18 bits per heavy atom. The van der Waals surface area contributed by atoms with Crippen molar-refractivity contribution in [2.45, 2.75) is 45.2 Å². The lowest BCUT2D eigenvalue weighted by Crippen LogP contribution is -2.42. The molecule has 0 amide bonds. The zero-order chi connectivity index (χ0) is 15.5. The minimum atomic E-state index is 0.499. The molecule has 4 heteroatoms. The number of fused-ring (bicyclic) bond motifs is 1. The van der Waals surface area contributed by atoms with E-state index in [4.69, 9.17) is 4.99 Å². The molecule has 2 aliphatic rings. The third-order valence-electron chi connectivity index (χ3n) is 4.80. The number of anilines is 1. The molecule has 22 heavy (non-hydrogen) atoms. The molecule has 1 aromatic carbocycles. The summed E-state index contributed by atoms with van der Waals surface area (Å²) in [6, 6.07) is 9.96. The van der Waals surface area contributed by atoms with Crippen molar-refractivity contribution in [3.05, 3.63) is 29.8 Å². The molecular weight excluding hydrogens is 272 g/mol. The first-order valence-corrected chi connectivity index (χ1v) is 8.56. The van der Waals surface area contributed by atoms with E-state index in [2.05, 4.69) is 60.3 Å². The number of aliphatic imine (C=N–C) groups is 1. The summed E-state index contributed by atoms with van der Waals surface area (Å²) in [7, 11) is 2.23. The lowest BCUT2D eigenvalue weighted by Gasteiger charge is -2.26. The number of rotatable bonds is 5. The van der Waals surface area contributed by atoms with Crippen LogP contribution >= 0.6 is 0 Å². The predicted octanol–water partition coefficient (Wildman–Crippen LogP) is 2.50. The Kier molecular flexibility index (Phi) is 4.67. The normalized spacial score (nSPS) is 19.5. The van der Waals surface area contributed by atoms with E-state index in [0.717, 1.165) is 38.1 Å². The van der Waals surface area contributed by atoms with E-state index in [1.165, 1.54) is 24.1 Å². The van der Waals surface area contributed by atoms with Crippen LogP contribution in [0, 0.1) is 0 Å². The van der Waals surface area contributed by atoms with E-state index in [1.807, 2.05) is 0 Å². The Morgan fingerprint density at radius 3 is 2.91 bits per heavy atom. The number of benzene rings is 1. The van der Waals surface area contributed by atoms with Crippen LogP contribution in [0.25, 0.3) is 0 Å². The average Bonchev–Trinajstić information content (AvgIpc) is 3.30. The van der Waals surface area contributed by atoms with Crippen LogP contribution in [-0.4, -0.2) is 49.6 Å². The first-order valence-electron chi connectivity index (χ1n) is 8.56. The summed E-state index contributed by atoms with van der Waals surface area (Å²) < 4.78 is 0. The fraction of sp³-hybridized carbons (Fsp3) is 0.611. The standard InChI is InChI=1S/C18H28N4/c1-4-19-18(20-13-14(2)21(3)16-9-10-16)22-12-11-15-7-5-6-8-17(15)22/h5-8,14,16H,4,9-13H2,1-3H3,(H,19,20). The second-order valence-electron chi connectivity index (χ2n) is 6.47. The SMILES string of the molecule is CCNC(=NCC(C)N(C)C1CC1)N1CCc2ccccc21. The van der Waals surface area contributed by atoms with Crippen molar-refractivity contribution in [2.75, 3.05) is 31.6 Å². The summed E-state index contributed by atoms with van der Waals surface area (Å²) in [5, 5.41) is 3.46. The van der Waals surface area contributed by atoms with Crippen molar-refractivity contribution in [1.29, 1.82) is 0 Å². The second kappa shape index (κ2) is 6.69. The Bertz CT molecular complexity index is 536. The van der Waals surface area contributed by atoms with E-state index in [-0.39, 0.29) is 0 Å². The molecule has 0 radical (unpaired) electrons. The highest BCUT2D eigenvalue weighted by Gasteiger charge is 2.29. The molecule has 0 bridgehead atoms. The number of nitrogens with zero attached hydrogens (tertiary/aromatic N) is 3. The first-order chi connectivity index (χ1) is 10.7. The molecule has 1 aromatic rings. The summed E-state index contributed by atoms with van der Waals surface area (Å²) in [5.74, 6) is 1.03. The Hall–Kier alpha value is -1.55. The van der Waals surface area contributed by atoms with Gasteiger partial charge in [0.1, 0.15) is 0 Å². The van der Waals surface area contributed by atoms with Gasteiger partial charge in [-0.15, -0.1) is 0 Å². The highest BCUT2D eigenvalue weighted by atomic mass is 15.3. The van der Waals surface area contributed by atoms with Crippen LogP contribution < -0.4 is 10.2 Å². The molecule has 1 atom stereocenters. The average molecular weight is 300 g/mol. The van der Waals surface area contributed by atoms with Crippen LogP contribution in [0.2, 0.25) is 0 Å². The largest absolute Gasteiger partial charge is 0.356 e. The molecule has 1 aliphatic carbocycles. The molecule has 0 spiro atoms. The van der Waals surface area contributed by atoms with Crippen LogP contribution in [0.5, 0.6) is 0 Å². The monoisotopic (exact) mass is 300 g/mol. The van der Waals surface area contributed by atoms with Gasteiger partial charge in [-0.1, -0.05) is 18.2 Å². The fourth-order valence-electron chi connectivity index (χ4n) is 3.14. The number of likely N-dealkylation sites (N-methyl/N-ethyl adjacent to an activating group) is 1. The van der Waals surface area contributed by atoms with E-state index in [1.54, 1.807) is 0 Å². The van der Waals surface area contributed by atoms with Gasteiger partial charge >= 0.3 is 0 Å². The first kappa shape index (κ1) is 15.3. The van der Waals surface area contributed by atoms with Gasteiger partial charge in [0.2, 0.25) is 0 Å². The molecule has 120 valence electrons. The smallest absolute Gasteiger partial charge is 0.198 e. The number of guanidine groups is 1. The van der Waals surface area contributed by atoms with Crippen molar-refractivity contribution in [3.8, 4) is 0 Å². The third-order valence-corrected chi connectivity index (χ3v) is 4.80. The summed E-state index contributed by atoms with van der Waals surface area (Å²) in [5.41, 5.74) is 2.74. The van der Waals surface area contributed by atoms with Gasteiger partial charge in [0, 0.05) is 30.9 Å². The fourth-order valence-corrected chi connectivity index (χ4v) is 3.14. The van der Waals surface area contributed by atoms with Gasteiger partial charge in [0.15, 0.2) is 5.96 Å². The van der Waals surface area contributed by atoms with Crippen LogP contribution in [0.3, 0.4) is 0 Å². The van der Waals surface area contributed by atoms with Crippen molar-refractivity contribution in [3.63, 3.8) is 0 Å². The maximum atomic E-state index is 4.92. The van der Waals surface area contributed by atoms with Gasteiger partial charge in [0.05, 0.1) is 6.54 Å². The zero-order valence-electron chi connectivity index (χ0n) is 14.0. The summed E-state index contributed by atoms with van der Waals surface area (Å²) in [6.45, 7) is 7.21. The molecule has 0 saturated heterocycles. The van der Waals surface area contributed by atoms with Crippen molar-refractivity contribution in [1.82, 2.24) is 10.2 Å². The van der Waals surface area contributed by atoms with Gasteiger partial charge in [0.25, 0.3) is 0 Å². The quantitative estimate of drug-likeness (QED) is 0.669. The van der Waals surface area contributed by atoms with E-state index in [0.29, 0.717) is 6.04 Å². The van der Waals surface area contributed by atoms with Crippen molar-refractivity contribution < 1.29 is 0 Å². The second-order valence-corrected chi connectivity index (χ2v) is 6.47. The van der Waals surface area contributed by atoms with Gasteiger partial charge in [-0.2, -0.15) is 0 Å². The Morgan fingerprint density at radius 1 is 1.41 bits per heavy atom. The lowest BCUT2D eigenvalue weighted by atomic mass is 10.2.